The van der Waals surface area contributed by atoms with Crippen LogP contribution in [0.4, 0.5) is 0 Å². The average Bonchev–Trinajstić information content (AvgIpc) is 3.50. The van der Waals surface area contributed by atoms with E-state index in [1.54, 1.807) is 10.9 Å². The van der Waals surface area contributed by atoms with Crippen LogP contribution >= 0.6 is 0 Å². The van der Waals surface area contributed by atoms with Gasteiger partial charge in [0.2, 0.25) is 0 Å². The van der Waals surface area contributed by atoms with E-state index in [-0.39, 0.29) is 12.6 Å². The van der Waals surface area contributed by atoms with Gasteiger partial charge in [-0.25, -0.2) is 9.48 Å². The summed E-state index contributed by atoms with van der Waals surface area (Å²) < 4.78 is 14.6. The number of hydrogen-bond donors (Lipinski definition) is 2. The van der Waals surface area contributed by atoms with E-state index in [9.17, 15) is 14.7 Å². The number of benzene rings is 1. The quantitative estimate of drug-likeness (QED) is 0.409. The van der Waals surface area contributed by atoms with Gasteiger partial charge in [-0.1, -0.05) is 24.3 Å². The molecule has 0 bridgehead atoms. The molecule has 3 heterocycles. The summed E-state index contributed by atoms with van der Waals surface area (Å²) in [5.74, 6) is 0.719. The van der Waals surface area contributed by atoms with Crippen molar-refractivity contribution in [1.82, 2.24) is 24.5 Å². The van der Waals surface area contributed by atoms with Crippen LogP contribution in [0.1, 0.15) is 43.9 Å². The molecule has 0 unspecified atom stereocenters. The van der Waals surface area contributed by atoms with Crippen LogP contribution in [0.15, 0.2) is 52.3 Å². The van der Waals surface area contributed by atoms with Crippen molar-refractivity contribution in [2.75, 3.05) is 13.2 Å². The van der Waals surface area contributed by atoms with Crippen LogP contribution in [0.3, 0.4) is 0 Å². The Morgan fingerprint density at radius 1 is 1.29 bits per heavy atom. The molecular weight excluding hydrogens is 438 g/mol. The molecule has 1 saturated heterocycles. The highest BCUT2D eigenvalue weighted by molar-refractivity contribution is 5.32. The molecule has 10 nitrogen and oxygen atoms in total. The van der Waals surface area contributed by atoms with Crippen molar-refractivity contribution < 1.29 is 14.6 Å². The van der Waals surface area contributed by atoms with Gasteiger partial charge in [0.15, 0.2) is 0 Å². The van der Waals surface area contributed by atoms with Crippen molar-refractivity contribution >= 4 is 0 Å². The molecule has 182 valence electrons. The molecular formula is C24H31N5O5. The maximum absolute atomic E-state index is 11.8. The van der Waals surface area contributed by atoms with Gasteiger partial charge >= 0.3 is 5.69 Å². The number of aryl methyl sites for hydroxylation is 2. The molecule has 1 fully saturated rings. The van der Waals surface area contributed by atoms with E-state index in [0.29, 0.717) is 32.6 Å². The number of nitrogens with zero attached hydrogens (tertiary/aromatic N) is 4. The Morgan fingerprint density at radius 2 is 2.18 bits per heavy atom. The Kier molecular flexibility index (Phi) is 7.59. The summed E-state index contributed by atoms with van der Waals surface area (Å²) in [6, 6.07) is 8.92. The fourth-order valence-corrected chi connectivity index (χ4v) is 4.13. The van der Waals surface area contributed by atoms with Crippen molar-refractivity contribution in [2.45, 2.75) is 63.8 Å². The average molecular weight is 470 g/mol. The lowest BCUT2D eigenvalue weighted by atomic mass is 9.90. The van der Waals surface area contributed by atoms with Crippen LogP contribution in [0.2, 0.25) is 0 Å². The van der Waals surface area contributed by atoms with Gasteiger partial charge in [0.05, 0.1) is 31.6 Å². The van der Waals surface area contributed by atoms with E-state index < -0.39 is 16.9 Å². The molecule has 2 aromatic heterocycles. The monoisotopic (exact) mass is 469 g/mol. The van der Waals surface area contributed by atoms with Crippen molar-refractivity contribution in [3.8, 4) is 5.75 Å². The van der Waals surface area contributed by atoms with Gasteiger partial charge in [0.25, 0.3) is 5.56 Å². The van der Waals surface area contributed by atoms with E-state index in [0.717, 1.165) is 36.3 Å². The summed E-state index contributed by atoms with van der Waals surface area (Å²) in [4.78, 5) is 25.2. The first kappa shape index (κ1) is 23.9. The van der Waals surface area contributed by atoms with Crippen LogP contribution in [0, 0.1) is 0 Å². The third-order valence-electron chi connectivity index (χ3n) is 6.23. The first-order chi connectivity index (χ1) is 16.5. The van der Waals surface area contributed by atoms with Crippen LogP contribution in [-0.4, -0.2) is 49.0 Å². The first-order valence-electron chi connectivity index (χ1n) is 11.7. The van der Waals surface area contributed by atoms with E-state index in [2.05, 4.69) is 15.3 Å². The summed E-state index contributed by atoms with van der Waals surface area (Å²) in [5.41, 5.74) is -0.248. The molecule has 1 aliphatic rings. The molecule has 0 amide bonds. The summed E-state index contributed by atoms with van der Waals surface area (Å²) in [7, 11) is 0. The van der Waals surface area contributed by atoms with Crippen molar-refractivity contribution in [1.29, 1.82) is 0 Å². The molecule has 1 aromatic carbocycles. The molecule has 0 spiro atoms. The van der Waals surface area contributed by atoms with Gasteiger partial charge in [-0.05, 0) is 43.4 Å². The van der Waals surface area contributed by atoms with E-state index in [1.807, 2.05) is 31.2 Å². The standard InChI is InChI=1S/C24H31N5O5/c1-2-24(32,18-6-5-8-20(14-18)34-21-10-13-33-16-21)17-29-19(15-25-27-29)7-3-4-11-28-12-9-22(30)26-23(28)31/h5-6,8-9,12,14-15,21,32H,2-4,7,10-11,13,16-17H2,1H3,(H,26,30,31)/t21-,24-/m1/s1. The van der Waals surface area contributed by atoms with E-state index in [1.165, 1.54) is 16.8 Å². The number of rotatable bonds is 11. The highest BCUT2D eigenvalue weighted by Crippen LogP contribution is 2.30. The number of unbranched alkanes of at least 4 members (excludes halogenated alkanes) is 1. The maximum Gasteiger partial charge on any atom is 0.328 e. The number of nitrogens with one attached hydrogen (secondary N) is 1. The molecule has 3 aromatic rings. The van der Waals surface area contributed by atoms with Gasteiger partial charge < -0.3 is 19.1 Å². The molecule has 34 heavy (non-hydrogen) atoms. The van der Waals surface area contributed by atoms with Crippen molar-refractivity contribution in [2.24, 2.45) is 0 Å². The predicted octanol–water partition coefficient (Wildman–Crippen LogP) is 1.62. The van der Waals surface area contributed by atoms with Gasteiger partial charge in [0.1, 0.15) is 17.5 Å². The zero-order chi connectivity index (χ0) is 24.0. The molecule has 0 radical (unpaired) electrons. The van der Waals surface area contributed by atoms with Crippen LogP contribution in [0.25, 0.3) is 0 Å². The van der Waals surface area contributed by atoms with Crippen LogP contribution in [-0.2, 0) is 29.8 Å². The molecule has 1 aliphatic heterocycles. The molecule has 0 saturated carbocycles. The highest BCUT2D eigenvalue weighted by Gasteiger charge is 2.30. The summed E-state index contributed by atoms with van der Waals surface area (Å²) >= 11 is 0. The Labute approximate surface area is 197 Å². The number of H-pyrrole nitrogens is 1. The topological polar surface area (TPSA) is 124 Å². The molecule has 2 atom stereocenters. The zero-order valence-electron chi connectivity index (χ0n) is 19.4. The minimum Gasteiger partial charge on any atom is -0.488 e. The van der Waals surface area contributed by atoms with Gasteiger partial charge in [0, 0.05) is 25.2 Å². The normalized spacial score (nSPS) is 17.5. The largest absolute Gasteiger partial charge is 0.488 e. The second-order valence-electron chi connectivity index (χ2n) is 8.66. The van der Waals surface area contributed by atoms with E-state index >= 15 is 0 Å². The van der Waals surface area contributed by atoms with Crippen LogP contribution in [0.5, 0.6) is 5.75 Å². The van der Waals surface area contributed by atoms with Crippen molar-refractivity contribution in [3.05, 3.63) is 74.8 Å². The second kappa shape index (κ2) is 10.8. The number of aliphatic hydroxyl groups is 1. The molecule has 10 heteroatoms. The Bertz CT molecular complexity index is 1200. The smallest absolute Gasteiger partial charge is 0.328 e. The van der Waals surface area contributed by atoms with Gasteiger partial charge in [-0.2, -0.15) is 0 Å². The zero-order valence-corrected chi connectivity index (χ0v) is 19.4. The van der Waals surface area contributed by atoms with E-state index in [4.69, 9.17) is 9.47 Å². The summed E-state index contributed by atoms with van der Waals surface area (Å²) in [6.07, 6.45) is 6.87. The van der Waals surface area contributed by atoms with Gasteiger partial charge in [-0.3, -0.25) is 9.78 Å². The molecule has 4 rings (SSSR count). The minimum atomic E-state index is -1.13. The Balaban J connectivity index is 1.38. The highest BCUT2D eigenvalue weighted by atomic mass is 16.5. The lowest BCUT2D eigenvalue weighted by Crippen LogP contribution is -2.32. The lowest BCUT2D eigenvalue weighted by Gasteiger charge is -2.28. The third-order valence-corrected chi connectivity index (χ3v) is 6.23. The summed E-state index contributed by atoms with van der Waals surface area (Å²) in [5, 5.41) is 19.8. The fourth-order valence-electron chi connectivity index (χ4n) is 4.13. The minimum absolute atomic E-state index is 0.0406. The van der Waals surface area contributed by atoms with Crippen molar-refractivity contribution in [3.63, 3.8) is 0 Å². The predicted molar refractivity (Wildman–Crippen MR) is 125 cm³/mol. The number of aromatic amines is 1. The number of ether oxygens (including phenoxy) is 2. The molecule has 2 N–H and O–H groups in total. The lowest BCUT2D eigenvalue weighted by molar-refractivity contribution is 0.00938. The SMILES string of the molecule is CC[C@@](O)(Cn1nncc1CCCCn1ccc(=O)[nH]c1=O)c1cccc(O[C@@H]2CCOC2)c1. The molecule has 0 aliphatic carbocycles. The number of aromatic nitrogens is 5. The fraction of sp³-hybridized carbons (Fsp3) is 0.500. The first-order valence-corrected chi connectivity index (χ1v) is 11.7. The Hall–Kier alpha value is -3.24. The third kappa shape index (κ3) is 5.81. The number of hydrogen-bond acceptors (Lipinski definition) is 7. The van der Waals surface area contributed by atoms with Crippen LogP contribution < -0.4 is 16.0 Å². The maximum atomic E-state index is 11.8. The summed E-state index contributed by atoms with van der Waals surface area (Å²) in [6.45, 7) is 4.02. The van der Waals surface area contributed by atoms with Gasteiger partial charge in [-0.15, -0.1) is 5.10 Å². The second-order valence-corrected chi connectivity index (χ2v) is 8.66. The Morgan fingerprint density at radius 3 is 2.94 bits per heavy atom.